The third-order valence-electron chi connectivity index (χ3n) is 3.09. The summed E-state index contributed by atoms with van der Waals surface area (Å²) in [5, 5.41) is 2.41. The summed E-state index contributed by atoms with van der Waals surface area (Å²) in [6, 6.07) is 8.41. The first-order chi connectivity index (χ1) is 11.1. The number of nitrogens with one attached hydrogen (secondary N) is 1. The van der Waals surface area contributed by atoms with Gasteiger partial charge in [0.05, 0.1) is 11.4 Å². The normalized spacial score (nSPS) is 12.8. The van der Waals surface area contributed by atoms with Crippen molar-refractivity contribution in [3.05, 3.63) is 48.0 Å². The highest BCUT2D eigenvalue weighted by atomic mass is 32.2. The lowest BCUT2D eigenvalue weighted by Gasteiger charge is -2.18. The Morgan fingerprint density at radius 2 is 1.87 bits per heavy atom. The zero-order valence-corrected chi connectivity index (χ0v) is 12.8. The molecule has 0 saturated heterocycles. The van der Waals surface area contributed by atoms with Gasteiger partial charge in [-0.2, -0.15) is 0 Å². The molecule has 1 aliphatic rings. The van der Waals surface area contributed by atoms with Gasteiger partial charge in [-0.1, -0.05) is 0 Å². The van der Waals surface area contributed by atoms with Crippen LogP contribution in [-0.4, -0.2) is 24.9 Å². The van der Waals surface area contributed by atoms with Gasteiger partial charge in [-0.25, -0.2) is 8.78 Å². The number of amides is 1. The minimum atomic E-state index is -0.803. The molecular weight excluding hydrogens is 324 g/mol. The number of halogens is 2. The van der Waals surface area contributed by atoms with Gasteiger partial charge in [0, 0.05) is 11.0 Å². The summed E-state index contributed by atoms with van der Waals surface area (Å²) in [7, 11) is 0. The van der Waals surface area contributed by atoms with Gasteiger partial charge in [-0.05, 0) is 30.3 Å². The molecule has 7 heteroatoms. The van der Waals surface area contributed by atoms with Crippen LogP contribution >= 0.6 is 11.8 Å². The Balaban J connectivity index is 1.58. The molecule has 4 nitrogen and oxygen atoms in total. The van der Waals surface area contributed by atoms with Gasteiger partial charge in [0.25, 0.3) is 0 Å². The predicted molar refractivity (Wildman–Crippen MR) is 83.1 cm³/mol. The number of thioether (sulfide) groups is 1. The highest BCUT2D eigenvalue weighted by Gasteiger charge is 2.13. The van der Waals surface area contributed by atoms with E-state index in [4.69, 9.17) is 9.47 Å². The molecule has 2 aromatic rings. The number of ether oxygens (including phenoxy) is 2. The van der Waals surface area contributed by atoms with Crippen LogP contribution < -0.4 is 14.8 Å². The Morgan fingerprint density at radius 1 is 1.09 bits per heavy atom. The molecular formula is C16H13F2NO3S. The van der Waals surface area contributed by atoms with E-state index in [1.165, 1.54) is 17.8 Å². The van der Waals surface area contributed by atoms with Gasteiger partial charge in [0.2, 0.25) is 5.91 Å². The average Bonchev–Trinajstić information content (AvgIpc) is 2.55. The van der Waals surface area contributed by atoms with E-state index in [2.05, 4.69) is 5.32 Å². The van der Waals surface area contributed by atoms with E-state index >= 15 is 0 Å². The van der Waals surface area contributed by atoms with Gasteiger partial charge in [-0.15, -0.1) is 11.8 Å². The molecule has 0 fully saturated rings. The summed E-state index contributed by atoms with van der Waals surface area (Å²) in [5.74, 6) is -0.454. The van der Waals surface area contributed by atoms with E-state index in [-0.39, 0.29) is 17.3 Å². The highest BCUT2D eigenvalue weighted by molar-refractivity contribution is 8.00. The molecule has 1 N–H and O–H groups in total. The van der Waals surface area contributed by atoms with Crippen LogP contribution in [0, 0.1) is 11.6 Å². The highest BCUT2D eigenvalue weighted by Crippen LogP contribution is 2.34. The smallest absolute Gasteiger partial charge is 0.234 e. The summed E-state index contributed by atoms with van der Waals surface area (Å²) in [5.41, 5.74) is -0.0424. The molecule has 2 aromatic carbocycles. The Hall–Kier alpha value is -2.28. The Bertz CT molecular complexity index is 739. The maximum absolute atomic E-state index is 13.5. The number of anilines is 1. The predicted octanol–water partition coefficient (Wildman–Crippen LogP) is 3.47. The SMILES string of the molecule is O=C(CSc1ccc2c(c1)OCCO2)Nc1ccc(F)cc1F. The van der Waals surface area contributed by atoms with E-state index in [9.17, 15) is 13.6 Å². The maximum Gasteiger partial charge on any atom is 0.234 e. The number of hydrogen-bond donors (Lipinski definition) is 1. The second-order valence-corrected chi connectivity index (χ2v) is 5.82. The third-order valence-corrected chi connectivity index (χ3v) is 4.08. The number of rotatable bonds is 4. The molecule has 0 radical (unpaired) electrons. The number of benzene rings is 2. The lowest BCUT2D eigenvalue weighted by molar-refractivity contribution is -0.113. The number of carbonyl (C=O) groups is 1. The maximum atomic E-state index is 13.5. The van der Waals surface area contributed by atoms with Crippen molar-refractivity contribution in [1.29, 1.82) is 0 Å². The zero-order chi connectivity index (χ0) is 16.2. The van der Waals surface area contributed by atoms with Crippen LogP contribution in [-0.2, 0) is 4.79 Å². The van der Waals surface area contributed by atoms with E-state index in [0.717, 1.165) is 17.0 Å². The van der Waals surface area contributed by atoms with Crippen LogP contribution in [0.2, 0.25) is 0 Å². The molecule has 0 spiro atoms. The number of carbonyl (C=O) groups excluding carboxylic acids is 1. The first-order valence-electron chi connectivity index (χ1n) is 6.89. The van der Waals surface area contributed by atoms with E-state index in [1.807, 2.05) is 6.07 Å². The first kappa shape index (κ1) is 15.6. The molecule has 23 heavy (non-hydrogen) atoms. The quantitative estimate of drug-likeness (QED) is 0.868. The number of hydrogen-bond acceptors (Lipinski definition) is 4. The van der Waals surface area contributed by atoms with Crippen molar-refractivity contribution in [2.24, 2.45) is 0 Å². The molecule has 1 amide bonds. The van der Waals surface area contributed by atoms with Crippen LogP contribution in [0.25, 0.3) is 0 Å². The van der Waals surface area contributed by atoms with Crippen molar-refractivity contribution >= 4 is 23.4 Å². The van der Waals surface area contributed by atoms with E-state index < -0.39 is 11.6 Å². The van der Waals surface area contributed by atoms with Crippen molar-refractivity contribution in [1.82, 2.24) is 0 Å². The standard InChI is InChI=1S/C16H13F2NO3S/c17-10-1-3-13(12(18)7-10)19-16(20)9-23-11-2-4-14-15(8-11)22-6-5-21-14/h1-4,7-8H,5-6,9H2,(H,19,20). The second-order valence-electron chi connectivity index (χ2n) is 4.77. The zero-order valence-electron chi connectivity index (χ0n) is 12.0. The van der Waals surface area contributed by atoms with Crippen LogP contribution in [0.15, 0.2) is 41.3 Å². The summed E-state index contributed by atoms with van der Waals surface area (Å²) in [4.78, 5) is 12.7. The topological polar surface area (TPSA) is 47.6 Å². The van der Waals surface area contributed by atoms with E-state index in [1.54, 1.807) is 12.1 Å². The number of fused-ring (bicyclic) bond motifs is 1. The molecule has 120 valence electrons. The van der Waals surface area contributed by atoms with Crippen LogP contribution in [0.1, 0.15) is 0 Å². The molecule has 0 saturated carbocycles. The van der Waals surface area contributed by atoms with Crippen molar-refractivity contribution in [2.75, 3.05) is 24.3 Å². The summed E-state index contributed by atoms with van der Waals surface area (Å²) >= 11 is 1.29. The molecule has 0 unspecified atom stereocenters. The van der Waals surface area contributed by atoms with Crippen LogP contribution in [0.3, 0.4) is 0 Å². The van der Waals surface area contributed by atoms with Gasteiger partial charge in [-0.3, -0.25) is 4.79 Å². The Morgan fingerprint density at radius 3 is 2.65 bits per heavy atom. The van der Waals surface area contributed by atoms with Gasteiger partial charge < -0.3 is 14.8 Å². The van der Waals surface area contributed by atoms with Crippen molar-refractivity contribution in [2.45, 2.75) is 4.90 Å². The molecule has 0 atom stereocenters. The van der Waals surface area contributed by atoms with E-state index in [0.29, 0.717) is 24.7 Å². The average molecular weight is 337 g/mol. The largest absolute Gasteiger partial charge is 0.486 e. The lowest BCUT2D eigenvalue weighted by Crippen LogP contribution is -2.16. The monoisotopic (exact) mass is 337 g/mol. The van der Waals surface area contributed by atoms with Gasteiger partial charge in [0.1, 0.15) is 24.8 Å². The van der Waals surface area contributed by atoms with Gasteiger partial charge >= 0.3 is 0 Å². The van der Waals surface area contributed by atoms with Crippen LogP contribution in [0.5, 0.6) is 11.5 Å². The summed E-state index contributed by atoms with van der Waals surface area (Å²) < 4.78 is 37.2. The third kappa shape index (κ3) is 3.92. The lowest BCUT2D eigenvalue weighted by atomic mass is 10.3. The molecule has 0 aromatic heterocycles. The molecule has 0 aliphatic carbocycles. The Kier molecular flexibility index (Phi) is 4.66. The van der Waals surface area contributed by atoms with Crippen LogP contribution in [0.4, 0.5) is 14.5 Å². The fraction of sp³-hybridized carbons (Fsp3) is 0.188. The van der Waals surface area contributed by atoms with Crippen molar-refractivity contribution in [3.63, 3.8) is 0 Å². The fourth-order valence-corrected chi connectivity index (χ4v) is 2.76. The molecule has 1 heterocycles. The van der Waals surface area contributed by atoms with Crippen molar-refractivity contribution in [3.8, 4) is 11.5 Å². The fourth-order valence-electron chi connectivity index (χ4n) is 2.04. The first-order valence-corrected chi connectivity index (χ1v) is 7.88. The summed E-state index contributed by atoms with van der Waals surface area (Å²) in [6.07, 6.45) is 0. The summed E-state index contributed by atoms with van der Waals surface area (Å²) in [6.45, 7) is 1.01. The van der Waals surface area contributed by atoms with Gasteiger partial charge in [0.15, 0.2) is 11.5 Å². The molecule has 1 aliphatic heterocycles. The molecule has 3 rings (SSSR count). The molecule has 0 bridgehead atoms. The minimum absolute atomic E-state index is 0.0424. The van der Waals surface area contributed by atoms with Crippen molar-refractivity contribution < 1.29 is 23.0 Å². The minimum Gasteiger partial charge on any atom is -0.486 e. The Labute approximate surface area is 135 Å². The second kappa shape index (κ2) is 6.87.